The fraction of sp³-hybridized carbons (Fsp3) is 0.0909. The molecule has 2 rings (SSSR count). The maximum Gasteiger partial charge on any atom is 0.148 e. The number of hydrogen-bond donors (Lipinski definition) is 0. The van der Waals surface area contributed by atoms with Crippen molar-refractivity contribution < 1.29 is 4.74 Å². The molecule has 0 aliphatic heterocycles. The molecule has 0 spiro atoms. The third-order valence-electron chi connectivity index (χ3n) is 1.85. The van der Waals surface area contributed by atoms with E-state index in [9.17, 15) is 0 Å². The van der Waals surface area contributed by atoms with Gasteiger partial charge in [-0.25, -0.2) is 4.98 Å². The number of halogens is 1. The van der Waals surface area contributed by atoms with Gasteiger partial charge in [0.05, 0.1) is 19.5 Å². The van der Waals surface area contributed by atoms with Crippen LogP contribution in [-0.2, 0) is 0 Å². The third-order valence-corrected chi connectivity index (χ3v) is 2.92. The van der Waals surface area contributed by atoms with E-state index >= 15 is 0 Å². The van der Waals surface area contributed by atoms with Crippen LogP contribution in [0.1, 0.15) is 0 Å². The van der Waals surface area contributed by atoms with E-state index in [-0.39, 0.29) is 0 Å². The zero-order valence-electron chi connectivity index (χ0n) is 8.55. The average molecular weight is 253 g/mol. The molecule has 2 aromatic rings. The number of hydrogen-bond acceptors (Lipinski definition) is 4. The molecule has 0 bridgehead atoms. The number of methoxy groups -OCH3 is 1. The van der Waals surface area contributed by atoms with Crippen LogP contribution in [0.3, 0.4) is 0 Å². The summed E-state index contributed by atoms with van der Waals surface area (Å²) in [4.78, 5) is 9.16. The highest BCUT2D eigenvalue weighted by molar-refractivity contribution is 7.99. The predicted molar refractivity (Wildman–Crippen MR) is 64.2 cm³/mol. The molecule has 1 heterocycles. The summed E-state index contributed by atoms with van der Waals surface area (Å²) in [6.07, 6.45) is 3.19. The average Bonchev–Trinajstić information content (AvgIpc) is 2.29. The van der Waals surface area contributed by atoms with Crippen molar-refractivity contribution in [2.24, 2.45) is 0 Å². The Balaban J connectivity index is 2.20. The fourth-order valence-electron chi connectivity index (χ4n) is 1.16. The Bertz CT molecular complexity index is 493. The van der Waals surface area contributed by atoms with Gasteiger partial charge in [-0.2, -0.15) is 0 Å². The van der Waals surface area contributed by atoms with Gasteiger partial charge in [0.1, 0.15) is 15.9 Å². The van der Waals surface area contributed by atoms with Gasteiger partial charge in [-0.05, 0) is 18.2 Å². The van der Waals surface area contributed by atoms with Gasteiger partial charge in [0.15, 0.2) is 0 Å². The second kappa shape index (κ2) is 5.18. The number of ether oxygens (including phenoxy) is 1. The highest BCUT2D eigenvalue weighted by Crippen LogP contribution is 2.28. The smallest absolute Gasteiger partial charge is 0.148 e. The summed E-state index contributed by atoms with van der Waals surface area (Å²) in [5, 5.41) is 1.16. The Morgan fingerprint density at radius 1 is 1.31 bits per heavy atom. The molecular formula is C11H9ClN2OS. The van der Waals surface area contributed by atoms with Gasteiger partial charge in [0, 0.05) is 4.90 Å². The first-order valence-corrected chi connectivity index (χ1v) is 5.77. The van der Waals surface area contributed by atoms with E-state index in [1.165, 1.54) is 18.0 Å². The predicted octanol–water partition coefficient (Wildman–Crippen LogP) is 3.29. The van der Waals surface area contributed by atoms with Crippen LogP contribution in [0.15, 0.2) is 46.6 Å². The lowest BCUT2D eigenvalue weighted by Crippen LogP contribution is -1.85. The minimum Gasteiger partial charge on any atom is -0.497 e. The summed E-state index contributed by atoms with van der Waals surface area (Å²) in [6, 6.07) is 7.75. The van der Waals surface area contributed by atoms with E-state index in [0.717, 1.165) is 15.7 Å². The first kappa shape index (κ1) is 11.2. The molecule has 0 saturated heterocycles. The summed E-state index contributed by atoms with van der Waals surface area (Å²) >= 11 is 7.25. The minimum absolute atomic E-state index is 0.396. The quantitative estimate of drug-likeness (QED) is 0.840. The molecule has 0 saturated carbocycles. The highest BCUT2D eigenvalue weighted by atomic mass is 35.5. The molecule has 5 heteroatoms. The normalized spacial score (nSPS) is 10.1. The number of aromatic nitrogens is 2. The van der Waals surface area contributed by atoms with E-state index in [1.54, 1.807) is 13.3 Å². The lowest BCUT2D eigenvalue weighted by Gasteiger charge is -2.03. The molecular weight excluding hydrogens is 244 g/mol. The molecule has 0 unspecified atom stereocenters. The van der Waals surface area contributed by atoms with Crippen molar-refractivity contribution in [2.75, 3.05) is 7.11 Å². The molecule has 0 N–H and O–H groups in total. The van der Waals surface area contributed by atoms with Crippen LogP contribution in [0.25, 0.3) is 0 Å². The van der Waals surface area contributed by atoms with Crippen molar-refractivity contribution in [1.29, 1.82) is 0 Å². The molecule has 0 aliphatic carbocycles. The Morgan fingerprint density at radius 2 is 2.19 bits per heavy atom. The van der Waals surface area contributed by atoms with Crippen molar-refractivity contribution in [2.45, 2.75) is 9.92 Å². The van der Waals surface area contributed by atoms with Gasteiger partial charge in [0.2, 0.25) is 0 Å². The Labute approximate surface area is 103 Å². The molecule has 82 valence electrons. The molecule has 1 aromatic carbocycles. The van der Waals surface area contributed by atoms with Crippen LogP contribution >= 0.6 is 23.4 Å². The lowest BCUT2D eigenvalue weighted by molar-refractivity contribution is 0.413. The van der Waals surface area contributed by atoms with Crippen molar-refractivity contribution in [3.63, 3.8) is 0 Å². The highest BCUT2D eigenvalue weighted by Gasteiger charge is 2.01. The zero-order chi connectivity index (χ0) is 11.4. The van der Waals surface area contributed by atoms with Crippen molar-refractivity contribution >= 4 is 23.4 Å². The van der Waals surface area contributed by atoms with E-state index in [4.69, 9.17) is 16.3 Å². The Hall–Kier alpha value is -1.26. The van der Waals surface area contributed by atoms with Gasteiger partial charge in [0.25, 0.3) is 0 Å². The summed E-state index contributed by atoms with van der Waals surface area (Å²) in [5.74, 6) is 0.819. The van der Waals surface area contributed by atoms with E-state index < -0.39 is 0 Å². The van der Waals surface area contributed by atoms with E-state index in [2.05, 4.69) is 9.97 Å². The van der Waals surface area contributed by atoms with Gasteiger partial charge >= 0.3 is 0 Å². The first-order chi connectivity index (χ1) is 7.78. The first-order valence-electron chi connectivity index (χ1n) is 4.57. The van der Waals surface area contributed by atoms with Crippen molar-refractivity contribution in [1.82, 2.24) is 9.97 Å². The summed E-state index contributed by atoms with van der Waals surface area (Å²) in [5.41, 5.74) is 0. The zero-order valence-corrected chi connectivity index (χ0v) is 10.1. The molecule has 16 heavy (non-hydrogen) atoms. The van der Waals surface area contributed by atoms with Crippen LogP contribution in [-0.4, -0.2) is 17.1 Å². The van der Waals surface area contributed by atoms with Crippen LogP contribution in [0.4, 0.5) is 0 Å². The minimum atomic E-state index is 0.396. The second-order valence-electron chi connectivity index (χ2n) is 2.96. The molecule has 0 amide bonds. The van der Waals surface area contributed by atoms with Gasteiger partial charge in [-0.1, -0.05) is 29.4 Å². The maximum atomic E-state index is 5.76. The monoisotopic (exact) mass is 252 g/mol. The van der Waals surface area contributed by atoms with E-state index in [0.29, 0.717) is 5.15 Å². The van der Waals surface area contributed by atoms with Crippen LogP contribution in [0.2, 0.25) is 5.15 Å². The lowest BCUT2D eigenvalue weighted by atomic mass is 10.3. The molecule has 1 aromatic heterocycles. The summed E-state index contributed by atoms with van der Waals surface area (Å²) < 4.78 is 5.14. The second-order valence-corrected chi connectivity index (χ2v) is 4.44. The fourth-order valence-corrected chi connectivity index (χ4v) is 2.18. The number of rotatable bonds is 3. The molecule has 0 fully saturated rings. The van der Waals surface area contributed by atoms with Crippen LogP contribution in [0.5, 0.6) is 5.75 Å². The van der Waals surface area contributed by atoms with E-state index in [1.807, 2.05) is 24.3 Å². The topological polar surface area (TPSA) is 35.0 Å². The number of benzene rings is 1. The Morgan fingerprint density at radius 3 is 2.94 bits per heavy atom. The van der Waals surface area contributed by atoms with Gasteiger partial charge < -0.3 is 4.74 Å². The standard InChI is InChI=1S/C11H9ClN2OS/c1-15-8-3-2-4-9(5-8)16-11-7-13-6-10(12)14-11/h2-7H,1H3. The Kier molecular flexibility index (Phi) is 3.64. The third kappa shape index (κ3) is 2.87. The number of nitrogens with zero attached hydrogens (tertiary/aromatic N) is 2. The molecule has 0 aliphatic rings. The molecule has 3 nitrogen and oxygen atoms in total. The molecule has 0 radical (unpaired) electrons. The summed E-state index contributed by atoms with van der Waals surface area (Å²) in [6.45, 7) is 0. The summed E-state index contributed by atoms with van der Waals surface area (Å²) in [7, 11) is 1.64. The SMILES string of the molecule is COc1cccc(Sc2cncc(Cl)n2)c1. The largest absolute Gasteiger partial charge is 0.497 e. The van der Waals surface area contributed by atoms with Crippen molar-refractivity contribution in [3.05, 3.63) is 41.8 Å². The van der Waals surface area contributed by atoms with Crippen LogP contribution < -0.4 is 4.74 Å². The van der Waals surface area contributed by atoms with Crippen molar-refractivity contribution in [3.8, 4) is 5.75 Å². The van der Waals surface area contributed by atoms with Crippen LogP contribution in [0, 0.1) is 0 Å². The maximum absolute atomic E-state index is 5.76. The molecule has 0 atom stereocenters. The van der Waals surface area contributed by atoms with Gasteiger partial charge in [-0.3, -0.25) is 4.98 Å². The van der Waals surface area contributed by atoms with Gasteiger partial charge in [-0.15, -0.1) is 0 Å².